The van der Waals surface area contributed by atoms with Gasteiger partial charge in [-0.3, -0.25) is 10.1 Å². The summed E-state index contributed by atoms with van der Waals surface area (Å²) >= 11 is 1.37. The number of likely N-dealkylation sites (tertiary alicyclic amines) is 1. The fourth-order valence-corrected chi connectivity index (χ4v) is 4.98. The van der Waals surface area contributed by atoms with Crippen molar-refractivity contribution in [1.29, 1.82) is 0 Å². The van der Waals surface area contributed by atoms with E-state index in [4.69, 9.17) is 10.5 Å². The molecular weight excluding hydrogens is 418 g/mol. The van der Waals surface area contributed by atoms with E-state index in [9.17, 15) is 14.4 Å². The smallest absolute Gasteiger partial charge is 0.410 e. The van der Waals surface area contributed by atoms with Crippen molar-refractivity contribution >= 4 is 39.4 Å². The molecule has 3 heterocycles. The number of ether oxygens (including phenoxy) is 1. The minimum absolute atomic E-state index is 0.187. The Hall–Kier alpha value is -2.49. The highest BCUT2D eigenvalue weighted by molar-refractivity contribution is 7.20. The van der Waals surface area contributed by atoms with E-state index in [1.807, 2.05) is 26.8 Å². The van der Waals surface area contributed by atoms with Crippen molar-refractivity contribution in [3.63, 3.8) is 0 Å². The van der Waals surface area contributed by atoms with Crippen molar-refractivity contribution in [3.05, 3.63) is 11.6 Å². The van der Waals surface area contributed by atoms with Crippen molar-refractivity contribution in [2.75, 3.05) is 36.4 Å². The number of carbonyl (C=O) groups excluding carboxylic acids is 3. The average molecular weight is 452 g/mol. The summed E-state index contributed by atoms with van der Waals surface area (Å²) in [4.78, 5) is 40.8. The maximum Gasteiger partial charge on any atom is 0.410 e. The Labute approximate surface area is 187 Å². The standard InChI is InChI=1S/C21H33N5O4S/c1-21(2,3)30-20(29)26-11-7-8-14(13-26)23-17(27)15-12-16(25-9-5-4-6-10-25)31-18(15)24-19(22)28/h12,14H,4-11,13H2,1-3H3,(H,23,27)(H3,22,24,28)/t14-/m0/s1. The van der Waals surface area contributed by atoms with Gasteiger partial charge in [0.2, 0.25) is 0 Å². The topological polar surface area (TPSA) is 117 Å². The van der Waals surface area contributed by atoms with Crippen molar-refractivity contribution in [2.45, 2.75) is 64.5 Å². The first-order valence-electron chi connectivity index (χ1n) is 10.9. The lowest BCUT2D eigenvalue weighted by atomic mass is 10.1. The van der Waals surface area contributed by atoms with Crippen LogP contribution in [-0.4, -0.2) is 60.8 Å². The predicted molar refractivity (Wildman–Crippen MR) is 122 cm³/mol. The van der Waals surface area contributed by atoms with E-state index < -0.39 is 11.6 Å². The summed E-state index contributed by atoms with van der Waals surface area (Å²) in [7, 11) is 0. The number of carbonyl (C=O) groups is 3. The van der Waals surface area contributed by atoms with Gasteiger partial charge in [0.15, 0.2) is 0 Å². The van der Waals surface area contributed by atoms with Gasteiger partial charge in [-0.05, 0) is 58.9 Å². The van der Waals surface area contributed by atoms with Gasteiger partial charge < -0.3 is 25.6 Å². The molecule has 4 amide bonds. The largest absolute Gasteiger partial charge is 0.444 e. The van der Waals surface area contributed by atoms with Crippen LogP contribution in [0.3, 0.4) is 0 Å². The summed E-state index contributed by atoms with van der Waals surface area (Å²) in [5.41, 5.74) is 5.16. The molecule has 1 aromatic heterocycles. The monoisotopic (exact) mass is 451 g/mol. The van der Waals surface area contributed by atoms with Crippen molar-refractivity contribution in [1.82, 2.24) is 10.2 Å². The zero-order valence-electron chi connectivity index (χ0n) is 18.5. The fraction of sp³-hybridized carbons (Fsp3) is 0.667. The highest BCUT2D eigenvalue weighted by Crippen LogP contribution is 2.36. The second kappa shape index (κ2) is 9.76. The Balaban J connectivity index is 1.69. The molecule has 0 aromatic carbocycles. The SMILES string of the molecule is CC(C)(C)OC(=O)N1CCC[C@H](NC(=O)c2cc(N3CCCCC3)sc2NC(N)=O)C1. The van der Waals surface area contributed by atoms with Crippen LogP contribution < -0.4 is 21.3 Å². The van der Waals surface area contributed by atoms with Gasteiger partial charge in [-0.1, -0.05) is 11.3 Å². The van der Waals surface area contributed by atoms with Crippen LogP contribution in [0, 0.1) is 0 Å². The van der Waals surface area contributed by atoms with E-state index in [0.717, 1.165) is 43.8 Å². The van der Waals surface area contributed by atoms with Crippen LogP contribution >= 0.6 is 11.3 Å². The van der Waals surface area contributed by atoms with Crippen LogP contribution in [-0.2, 0) is 4.74 Å². The molecule has 2 saturated heterocycles. The summed E-state index contributed by atoms with van der Waals surface area (Å²) in [6, 6.07) is 0.939. The van der Waals surface area contributed by atoms with Gasteiger partial charge in [0.25, 0.3) is 5.91 Å². The summed E-state index contributed by atoms with van der Waals surface area (Å²) < 4.78 is 5.46. The average Bonchev–Trinajstić information content (AvgIpc) is 3.11. The minimum Gasteiger partial charge on any atom is -0.444 e. The molecule has 2 aliphatic rings. The Morgan fingerprint density at radius 2 is 1.84 bits per heavy atom. The fourth-order valence-electron chi connectivity index (χ4n) is 3.87. The van der Waals surface area contributed by atoms with E-state index in [0.29, 0.717) is 23.7 Å². The number of piperidine rings is 2. The van der Waals surface area contributed by atoms with E-state index in [1.165, 1.54) is 17.8 Å². The second-order valence-electron chi connectivity index (χ2n) is 9.10. The summed E-state index contributed by atoms with van der Waals surface area (Å²) in [5.74, 6) is -0.278. The van der Waals surface area contributed by atoms with E-state index >= 15 is 0 Å². The first-order chi connectivity index (χ1) is 14.6. The number of anilines is 2. The number of nitrogens with one attached hydrogen (secondary N) is 2. The first-order valence-corrected chi connectivity index (χ1v) is 11.7. The van der Waals surface area contributed by atoms with Crippen LogP contribution in [0.15, 0.2) is 6.07 Å². The Morgan fingerprint density at radius 1 is 1.13 bits per heavy atom. The summed E-state index contributed by atoms with van der Waals surface area (Å²) in [6.07, 6.45) is 4.61. The quantitative estimate of drug-likeness (QED) is 0.649. The number of thiophene rings is 1. The third-order valence-corrected chi connectivity index (χ3v) is 6.39. The third-order valence-electron chi connectivity index (χ3n) is 5.28. The number of nitrogens with zero attached hydrogens (tertiary/aromatic N) is 2. The molecule has 0 unspecified atom stereocenters. The number of nitrogens with two attached hydrogens (primary N) is 1. The first kappa shape index (κ1) is 23.2. The number of hydrogen-bond donors (Lipinski definition) is 3. The van der Waals surface area contributed by atoms with E-state index in [-0.39, 0.29) is 18.0 Å². The molecule has 172 valence electrons. The van der Waals surface area contributed by atoms with E-state index in [2.05, 4.69) is 15.5 Å². The molecule has 4 N–H and O–H groups in total. The summed E-state index contributed by atoms with van der Waals surface area (Å²) in [6.45, 7) is 8.36. The molecule has 1 atom stereocenters. The molecular formula is C21H33N5O4S. The molecule has 2 aliphatic heterocycles. The highest BCUT2D eigenvalue weighted by atomic mass is 32.1. The van der Waals surface area contributed by atoms with Gasteiger partial charge in [-0.2, -0.15) is 0 Å². The third kappa shape index (κ3) is 6.49. The lowest BCUT2D eigenvalue weighted by Crippen LogP contribution is -2.50. The molecule has 0 radical (unpaired) electrons. The number of amides is 4. The van der Waals surface area contributed by atoms with Crippen LogP contribution in [0.1, 0.15) is 63.2 Å². The number of primary amides is 1. The minimum atomic E-state index is -0.699. The predicted octanol–water partition coefficient (Wildman–Crippen LogP) is 3.36. The molecule has 0 bridgehead atoms. The Kier molecular flexibility index (Phi) is 7.30. The van der Waals surface area contributed by atoms with Crippen molar-refractivity contribution in [3.8, 4) is 0 Å². The van der Waals surface area contributed by atoms with Crippen molar-refractivity contribution < 1.29 is 19.1 Å². The maximum absolute atomic E-state index is 13.1. The molecule has 1 aromatic rings. The maximum atomic E-state index is 13.1. The second-order valence-corrected chi connectivity index (χ2v) is 10.1. The Bertz CT molecular complexity index is 813. The molecule has 0 aliphatic carbocycles. The van der Waals surface area contributed by atoms with Gasteiger partial charge in [0.1, 0.15) is 10.6 Å². The molecule has 9 nitrogen and oxygen atoms in total. The number of hydrogen-bond acceptors (Lipinski definition) is 6. The summed E-state index contributed by atoms with van der Waals surface area (Å²) in [5, 5.41) is 7.01. The Morgan fingerprint density at radius 3 is 2.48 bits per heavy atom. The number of urea groups is 1. The highest BCUT2D eigenvalue weighted by Gasteiger charge is 2.29. The van der Waals surface area contributed by atoms with Gasteiger partial charge >= 0.3 is 12.1 Å². The molecule has 10 heteroatoms. The zero-order chi connectivity index (χ0) is 22.6. The molecule has 3 rings (SSSR count). The molecule has 0 saturated carbocycles. The van der Waals surface area contributed by atoms with Crippen LogP contribution in [0.2, 0.25) is 0 Å². The molecule has 2 fully saturated rings. The van der Waals surface area contributed by atoms with Gasteiger partial charge in [0.05, 0.1) is 10.6 Å². The van der Waals surface area contributed by atoms with Gasteiger partial charge in [-0.25, -0.2) is 9.59 Å². The normalized spacial score (nSPS) is 19.6. The van der Waals surface area contributed by atoms with Gasteiger partial charge in [0, 0.05) is 32.2 Å². The van der Waals surface area contributed by atoms with Crippen LogP contribution in [0.5, 0.6) is 0 Å². The van der Waals surface area contributed by atoms with E-state index in [1.54, 1.807) is 4.90 Å². The zero-order valence-corrected chi connectivity index (χ0v) is 19.3. The molecule has 31 heavy (non-hydrogen) atoms. The lowest BCUT2D eigenvalue weighted by Gasteiger charge is -2.34. The van der Waals surface area contributed by atoms with Gasteiger partial charge in [-0.15, -0.1) is 0 Å². The van der Waals surface area contributed by atoms with Crippen LogP contribution in [0.4, 0.5) is 19.6 Å². The molecule has 0 spiro atoms. The van der Waals surface area contributed by atoms with Crippen LogP contribution in [0.25, 0.3) is 0 Å². The number of rotatable bonds is 4. The lowest BCUT2D eigenvalue weighted by molar-refractivity contribution is 0.0185. The van der Waals surface area contributed by atoms with Crippen molar-refractivity contribution in [2.24, 2.45) is 5.73 Å².